The van der Waals surface area contributed by atoms with Crippen LogP contribution < -0.4 is 0 Å². The van der Waals surface area contributed by atoms with Crippen molar-refractivity contribution in [2.45, 2.75) is 31.7 Å². The van der Waals surface area contributed by atoms with E-state index < -0.39 is 19.0 Å². The normalized spacial score (nSPS) is 15.4. The summed E-state index contributed by atoms with van der Waals surface area (Å²) in [5, 5.41) is 1.97. The van der Waals surface area contributed by atoms with Gasteiger partial charge < -0.3 is 9.64 Å². The number of fused-ring (bicyclic) bond motifs is 1. The fourth-order valence-corrected chi connectivity index (χ4v) is 2.94. The van der Waals surface area contributed by atoms with Crippen LogP contribution >= 0.6 is 11.3 Å². The van der Waals surface area contributed by atoms with Gasteiger partial charge in [-0.25, -0.2) is 8.78 Å². The van der Waals surface area contributed by atoms with E-state index in [1.165, 1.54) is 4.88 Å². The van der Waals surface area contributed by atoms with Crippen LogP contribution in [0.3, 0.4) is 0 Å². The Bertz CT molecular complexity index is 492. The lowest BCUT2D eigenvalue weighted by atomic mass is 10.1. The molecule has 0 aromatic carbocycles. The van der Waals surface area contributed by atoms with Gasteiger partial charge in [0.05, 0.1) is 13.0 Å². The molecule has 0 saturated carbocycles. The Balaban J connectivity index is 1.71. The van der Waals surface area contributed by atoms with Gasteiger partial charge in [0.25, 0.3) is 0 Å². The van der Waals surface area contributed by atoms with Crippen molar-refractivity contribution in [3.05, 3.63) is 21.9 Å². The van der Waals surface area contributed by atoms with E-state index in [2.05, 4.69) is 4.74 Å². The number of halogens is 4. The molecule has 0 N–H and O–H groups in total. The number of nitrogens with zero attached hydrogens (tertiary/aromatic N) is 1. The molecule has 1 aliphatic rings. The summed E-state index contributed by atoms with van der Waals surface area (Å²) < 4.78 is 53.5. The van der Waals surface area contributed by atoms with Crippen molar-refractivity contribution in [3.8, 4) is 0 Å². The van der Waals surface area contributed by atoms with E-state index in [0.29, 0.717) is 13.1 Å². The topological polar surface area (TPSA) is 29.5 Å². The molecule has 0 bridgehead atoms. The molecular formula is C13H15F4NO2S. The van der Waals surface area contributed by atoms with Gasteiger partial charge in [0.15, 0.2) is 0 Å². The Morgan fingerprint density at radius 3 is 2.95 bits per heavy atom. The summed E-state index contributed by atoms with van der Waals surface area (Å²) in [4.78, 5) is 14.8. The van der Waals surface area contributed by atoms with Gasteiger partial charge in [0.1, 0.15) is 6.61 Å². The van der Waals surface area contributed by atoms with Gasteiger partial charge >= 0.3 is 12.3 Å². The summed E-state index contributed by atoms with van der Waals surface area (Å²) in [6.07, 6.45) is -3.06. The third-order valence-electron chi connectivity index (χ3n) is 3.23. The summed E-state index contributed by atoms with van der Waals surface area (Å²) in [5.74, 6) is -4.38. The molecule has 1 amide bonds. The van der Waals surface area contributed by atoms with Crippen LogP contribution in [-0.2, 0) is 22.5 Å². The fraction of sp³-hybridized carbons (Fsp3) is 0.615. The zero-order valence-electron chi connectivity index (χ0n) is 11.2. The number of amides is 1. The first-order chi connectivity index (χ1) is 9.90. The van der Waals surface area contributed by atoms with Gasteiger partial charge in [0, 0.05) is 18.0 Å². The summed E-state index contributed by atoms with van der Waals surface area (Å²) in [6.45, 7) is -0.564. The second-order valence-electron chi connectivity index (χ2n) is 4.80. The van der Waals surface area contributed by atoms with E-state index in [4.69, 9.17) is 0 Å². The van der Waals surface area contributed by atoms with Crippen molar-refractivity contribution in [2.24, 2.45) is 0 Å². The summed E-state index contributed by atoms with van der Waals surface area (Å²) >= 11 is 1.65. The molecule has 0 saturated heterocycles. The standard InChI is InChI=1S/C13H15F4NO2S/c14-12(15)13(16,17)8-20-5-2-11(19)18-4-1-10-9(7-18)3-6-21-10/h3,6,12H,1-2,4-5,7-8H2. The Morgan fingerprint density at radius 1 is 1.48 bits per heavy atom. The molecule has 1 aliphatic heterocycles. The highest BCUT2D eigenvalue weighted by atomic mass is 32.1. The highest BCUT2D eigenvalue weighted by Gasteiger charge is 2.40. The Labute approximate surface area is 123 Å². The number of thiophene rings is 1. The molecule has 2 rings (SSSR count). The molecule has 8 heteroatoms. The zero-order chi connectivity index (χ0) is 15.5. The van der Waals surface area contributed by atoms with Crippen LogP contribution in [0.1, 0.15) is 16.9 Å². The van der Waals surface area contributed by atoms with Gasteiger partial charge in [-0.2, -0.15) is 8.78 Å². The molecule has 2 heterocycles. The predicted molar refractivity (Wildman–Crippen MR) is 69.8 cm³/mol. The largest absolute Gasteiger partial charge is 0.374 e. The summed E-state index contributed by atoms with van der Waals surface area (Å²) in [6, 6.07) is 1.96. The van der Waals surface area contributed by atoms with E-state index in [0.717, 1.165) is 12.0 Å². The number of carbonyl (C=O) groups is 1. The van der Waals surface area contributed by atoms with E-state index in [1.54, 1.807) is 16.2 Å². The molecule has 118 valence electrons. The van der Waals surface area contributed by atoms with Crippen molar-refractivity contribution in [3.63, 3.8) is 0 Å². The van der Waals surface area contributed by atoms with Crippen molar-refractivity contribution in [1.82, 2.24) is 4.90 Å². The maximum Gasteiger partial charge on any atom is 0.330 e. The molecule has 0 spiro atoms. The SMILES string of the molecule is O=C(CCOCC(F)(F)C(F)F)N1CCc2sccc2C1. The summed E-state index contributed by atoms with van der Waals surface area (Å²) in [5.41, 5.74) is 1.10. The van der Waals surface area contributed by atoms with Gasteiger partial charge in [-0.05, 0) is 23.4 Å². The minimum absolute atomic E-state index is 0.0845. The first-order valence-electron chi connectivity index (χ1n) is 6.47. The highest BCUT2D eigenvalue weighted by molar-refractivity contribution is 7.10. The number of rotatable bonds is 6. The molecule has 0 aliphatic carbocycles. The van der Waals surface area contributed by atoms with Crippen LogP contribution in [0, 0.1) is 0 Å². The number of hydrogen-bond acceptors (Lipinski definition) is 3. The third-order valence-corrected chi connectivity index (χ3v) is 4.26. The van der Waals surface area contributed by atoms with Crippen molar-refractivity contribution < 1.29 is 27.1 Å². The zero-order valence-corrected chi connectivity index (χ0v) is 12.0. The number of alkyl halides is 4. The third kappa shape index (κ3) is 4.16. The maximum atomic E-state index is 12.6. The number of carbonyl (C=O) groups excluding carboxylic acids is 1. The molecule has 0 radical (unpaired) electrons. The lowest BCUT2D eigenvalue weighted by Gasteiger charge is -2.27. The van der Waals surface area contributed by atoms with Crippen molar-refractivity contribution >= 4 is 17.2 Å². The Kier molecular flexibility index (Phi) is 5.21. The average molecular weight is 325 g/mol. The van der Waals surface area contributed by atoms with Gasteiger partial charge in [-0.1, -0.05) is 0 Å². The molecule has 0 fully saturated rings. The number of ether oxygens (including phenoxy) is 1. The monoisotopic (exact) mass is 325 g/mol. The molecule has 0 atom stereocenters. The van der Waals surface area contributed by atoms with Crippen LogP contribution in [0.15, 0.2) is 11.4 Å². The molecule has 0 unspecified atom stereocenters. The maximum absolute atomic E-state index is 12.6. The van der Waals surface area contributed by atoms with Crippen LogP contribution in [0.25, 0.3) is 0 Å². The van der Waals surface area contributed by atoms with Crippen LogP contribution in [0.2, 0.25) is 0 Å². The fourth-order valence-electron chi connectivity index (χ4n) is 2.05. The van der Waals surface area contributed by atoms with Gasteiger partial charge in [-0.15, -0.1) is 11.3 Å². The predicted octanol–water partition coefficient (Wildman–Crippen LogP) is 2.94. The van der Waals surface area contributed by atoms with Crippen LogP contribution in [0.4, 0.5) is 17.6 Å². The summed E-state index contributed by atoms with van der Waals surface area (Å²) in [7, 11) is 0. The van der Waals surface area contributed by atoms with E-state index in [1.807, 2.05) is 11.4 Å². The minimum Gasteiger partial charge on any atom is -0.374 e. The molecular weight excluding hydrogens is 310 g/mol. The smallest absolute Gasteiger partial charge is 0.330 e. The minimum atomic E-state index is -4.17. The molecule has 21 heavy (non-hydrogen) atoms. The Morgan fingerprint density at radius 2 is 2.24 bits per heavy atom. The quantitative estimate of drug-likeness (QED) is 0.594. The first-order valence-corrected chi connectivity index (χ1v) is 7.35. The van der Waals surface area contributed by atoms with Gasteiger partial charge in [-0.3, -0.25) is 4.79 Å². The lowest BCUT2D eigenvalue weighted by molar-refractivity contribution is -0.167. The van der Waals surface area contributed by atoms with Crippen LogP contribution in [0.5, 0.6) is 0 Å². The van der Waals surface area contributed by atoms with Crippen molar-refractivity contribution in [2.75, 3.05) is 19.8 Å². The molecule has 3 nitrogen and oxygen atoms in total. The lowest BCUT2D eigenvalue weighted by Crippen LogP contribution is -2.36. The average Bonchev–Trinajstić information content (AvgIpc) is 2.90. The van der Waals surface area contributed by atoms with E-state index in [9.17, 15) is 22.4 Å². The highest BCUT2D eigenvalue weighted by Crippen LogP contribution is 2.25. The number of hydrogen-bond donors (Lipinski definition) is 0. The van der Waals surface area contributed by atoms with Gasteiger partial charge in [0.2, 0.25) is 5.91 Å². The molecule has 1 aromatic heterocycles. The van der Waals surface area contributed by atoms with E-state index in [-0.39, 0.29) is 18.9 Å². The Hall–Kier alpha value is -1.15. The van der Waals surface area contributed by atoms with Crippen molar-refractivity contribution in [1.29, 1.82) is 0 Å². The molecule has 1 aromatic rings. The second kappa shape index (κ2) is 6.74. The first kappa shape index (κ1) is 16.2. The van der Waals surface area contributed by atoms with Crippen LogP contribution in [-0.4, -0.2) is 42.9 Å². The second-order valence-corrected chi connectivity index (χ2v) is 5.80. The van der Waals surface area contributed by atoms with E-state index >= 15 is 0 Å².